The van der Waals surface area contributed by atoms with Gasteiger partial charge in [-0.2, -0.15) is 13.2 Å². The number of rotatable bonds is 4. The second kappa shape index (κ2) is 10.1. The van der Waals surface area contributed by atoms with Crippen LogP contribution in [0.1, 0.15) is 36.3 Å². The van der Waals surface area contributed by atoms with Gasteiger partial charge in [0.1, 0.15) is 11.7 Å². The molecule has 1 aromatic heterocycles. The molecular weight excluding hydrogens is 412 g/mol. The summed E-state index contributed by atoms with van der Waals surface area (Å²) in [4.78, 5) is 17.7. The second-order valence-corrected chi connectivity index (χ2v) is 7.70. The highest BCUT2D eigenvalue weighted by Gasteiger charge is 2.43. The molecule has 152 valence electrons. The SMILES string of the molecule is CC(C)(C)c1nc(C(=O)NCC(N2CCNCC2)C(F)(F)F)cs1.Cl.Cl. The fourth-order valence-corrected chi connectivity index (χ4v) is 3.34. The number of halogens is 5. The third kappa shape index (κ3) is 6.84. The van der Waals surface area contributed by atoms with Crippen LogP contribution in [0.4, 0.5) is 13.2 Å². The van der Waals surface area contributed by atoms with Gasteiger partial charge in [0.25, 0.3) is 5.91 Å². The lowest BCUT2D eigenvalue weighted by Gasteiger charge is -2.35. The number of carbonyl (C=O) groups is 1. The Kier molecular flexibility index (Phi) is 9.84. The molecule has 2 rings (SSSR count). The summed E-state index contributed by atoms with van der Waals surface area (Å²) in [5.74, 6) is -0.564. The van der Waals surface area contributed by atoms with E-state index in [4.69, 9.17) is 0 Å². The van der Waals surface area contributed by atoms with Crippen LogP contribution in [-0.4, -0.2) is 60.7 Å². The molecule has 2 heterocycles. The van der Waals surface area contributed by atoms with Gasteiger partial charge in [-0.3, -0.25) is 9.69 Å². The predicted molar refractivity (Wildman–Crippen MR) is 102 cm³/mol. The number of piperazine rings is 1. The number of carbonyl (C=O) groups excluding carboxylic acids is 1. The lowest BCUT2D eigenvalue weighted by molar-refractivity contribution is -0.183. The van der Waals surface area contributed by atoms with Crippen LogP contribution < -0.4 is 10.6 Å². The molecule has 1 atom stereocenters. The molecule has 0 radical (unpaired) electrons. The summed E-state index contributed by atoms with van der Waals surface area (Å²) in [7, 11) is 0. The molecule has 1 fully saturated rings. The van der Waals surface area contributed by atoms with Crippen LogP contribution in [0.3, 0.4) is 0 Å². The molecular formula is C15H25Cl2F3N4OS. The van der Waals surface area contributed by atoms with Gasteiger partial charge < -0.3 is 10.6 Å². The number of amides is 1. The molecule has 5 nitrogen and oxygen atoms in total. The maximum absolute atomic E-state index is 13.3. The van der Waals surface area contributed by atoms with Crippen LogP contribution in [0.5, 0.6) is 0 Å². The van der Waals surface area contributed by atoms with Gasteiger partial charge in [-0.05, 0) is 0 Å². The third-order valence-corrected chi connectivity index (χ3v) is 5.07. The first kappa shape index (κ1) is 25.4. The average molecular weight is 437 g/mol. The van der Waals surface area contributed by atoms with Crippen LogP contribution in [-0.2, 0) is 5.41 Å². The molecule has 1 aromatic rings. The van der Waals surface area contributed by atoms with Crippen molar-refractivity contribution in [3.8, 4) is 0 Å². The maximum atomic E-state index is 13.3. The van der Waals surface area contributed by atoms with E-state index in [9.17, 15) is 18.0 Å². The number of hydrogen-bond acceptors (Lipinski definition) is 5. The largest absolute Gasteiger partial charge is 0.405 e. The van der Waals surface area contributed by atoms with Gasteiger partial charge in [-0.15, -0.1) is 36.2 Å². The van der Waals surface area contributed by atoms with E-state index in [1.165, 1.54) is 16.2 Å². The summed E-state index contributed by atoms with van der Waals surface area (Å²) in [6, 6.07) is -1.68. The Morgan fingerprint density at radius 3 is 2.35 bits per heavy atom. The molecule has 0 aromatic carbocycles. The monoisotopic (exact) mass is 436 g/mol. The Labute approximate surface area is 167 Å². The van der Waals surface area contributed by atoms with Crippen molar-refractivity contribution in [2.45, 2.75) is 38.4 Å². The van der Waals surface area contributed by atoms with E-state index in [-0.39, 0.29) is 35.9 Å². The van der Waals surface area contributed by atoms with E-state index in [1.807, 2.05) is 20.8 Å². The summed E-state index contributed by atoms with van der Waals surface area (Å²) >= 11 is 1.34. The highest BCUT2D eigenvalue weighted by atomic mass is 35.5. The minimum absolute atomic E-state index is 0. The molecule has 1 saturated heterocycles. The molecule has 0 spiro atoms. The van der Waals surface area contributed by atoms with E-state index in [0.29, 0.717) is 26.2 Å². The number of hydrogen-bond donors (Lipinski definition) is 2. The van der Waals surface area contributed by atoms with Crippen LogP contribution in [0.2, 0.25) is 0 Å². The lowest BCUT2D eigenvalue weighted by atomic mass is 9.98. The van der Waals surface area contributed by atoms with Gasteiger partial charge in [-0.1, -0.05) is 20.8 Å². The zero-order valence-electron chi connectivity index (χ0n) is 14.9. The van der Waals surface area contributed by atoms with Crippen molar-refractivity contribution < 1.29 is 18.0 Å². The van der Waals surface area contributed by atoms with Crippen LogP contribution >= 0.6 is 36.2 Å². The van der Waals surface area contributed by atoms with E-state index < -0.39 is 24.7 Å². The summed E-state index contributed by atoms with van der Waals surface area (Å²) < 4.78 is 39.9. The average Bonchev–Trinajstić information content (AvgIpc) is 2.97. The van der Waals surface area contributed by atoms with Gasteiger partial charge in [0.15, 0.2) is 0 Å². The third-order valence-electron chi connectivity index (χ3n) is 3.80. The first-order valence-electron chi connectivity index (χ1n) is 7.85. The molecule has 26 heavy (non-hydrogen) atoms. The first-order valence-corrected chi connectivity index (χ1v) is 8.72. The van der Waals surface area contributed by atoms with Crippen molar-refractivity contribution in [3.05, 3.63) is 16.1 Å². The fourth-order valence-electron chi connectivity index (χ4n) is 2.45. The van der Waals surface area contributed by atoms with Crippen molar-refractivity contribution >= 4 is 42.1 Å². The van der Waals surface area contributed by atoms with Crippen molar-refractivity contribution in [2.75, 3.05) is 32.7 Å². The van der Waals surface area contributed by atoms with E-state index in [2.05, 4.69) is 15.6 Å². The molecule has 2 N–H and O–H groups in total. The van der Waals surface area contributed by atoms with E-state index >= 15 is 0 Å². The van der Waals surface area contributed by atoms with Gasteiger partial charge in [-0.25, -0.2) is 4.98 Å². The number of alkyl halides is 3. The smallest absolute Gasteiger partial charge is 0.349 e. The quantitative estimate of drug-likeness (QED) is 0.761. The van der Waals surface area contributed by atoms with E-state index in [1.54, 1.807) is 5.38 Å². The highest BCUT2D eigenvalue weighted by Crippen LogP contribution is 2.26. The maximum Gasteiger partial charge on any atom is 0.405 e. The minimum Gasteiger partial charge on any atom is -0.349 e. The first-order chi connectivity index (χ1) is 11.1. The van der Waals surface area contributed by atoms with Crippen LogP contribution in [0.25, 0.3) is 0 Å². The summed E-state index contributed by atoms with van der Waals surface area (Å²) in [6.07, 6.45) is -4.39. The number of thiazole rings is 1. The van der Waals surface area contributed by atoms with Crippen molar-refractivity contribution in [3.63, 3.8) is 0 Å². The normalized spacial score (nSPS) is 17.0. The van der Waals surface area contributed by atoms with Gasteiger partial charge >= 0.3 is 6.18 Å². The lowest BCUT2D eigenvalue weighted by Crippen LogP contribution is -2.57. The minimum atomic E-state index is -4.39. The number of nitrogens with zero attached hydrogens (tertiary/aromatic N) is 2. The Hall–Kier alpha value is -0.610. The molecule has 0 aliphatic carbocycles. The molecule has 1 aliphatic rings. The Balaban J connectivity index is 0.00000312. The van der Waals surface area contributed by atoms with Gasteiger partial charge in [0, 0.05) is 43.5 Å². The predicted octanol–water partition coefficient (Wildman–Crippen LogP) is 2.85. The summed E-state index contributed by atoms with van der Waals surface area (Å²) in [5.41, 5.74) is -0.0236. The topological polar surface area (TPSA) is 57.3 Å². The molecule has 0 saturated carbocycles. The molecule has 1 unspecified atom stereocenters. The Bertz CT molecular complexity index is 572. The molecule has 1 amide bonds. The fraction of sp³-hybridized carbons (Fsp3) is 0.733. The van der Waals surface area contributed by atoms with E-state index in [0.717, 1.165) is 5.01 Å². The van der Waals surface area contributed by atoms with Crippen LogP contribution in [0.15, 0.2) is 5.38 Å². The van der Waals surface area contributed by atoms with Crippen molar-refractivity contribution in [1.29, 1.82) is 0 Å². The number of nitrogens with one attached hydrogen (secondary N) is 2. The van der Waals surface area contributed by atoms with Crippen molar-refractivity contribution in [1.82, 2.24) is 20.5 Å². The Morgan fingerprint density at radius 1 is 1.31 bits per heavy atom. The molecule has 1 aliphatic heterocycles. The summed E-state index contributed by atoms with van der Waals surface area (Å²) in [6.45, 7) is 7.09. The summed E-state index contributed by atoms with van der Waals surface area (Å²) in [5, 5.41) is 7.78. The highest BCUT2D eigenvalue weighted by molar-refractivity contribution is 7.10. The standard InChI is InChI=1S/C15H23F3N4OS.2ClH/c1-14(2,3)13-21-10(9-24-13)12(23)20-8-11(15(16,17)18)22-6-4-19-5-7-22;;/h9,11,19H,4-8H2,1-3H3,(H,20,23);2*1H. The zero-order chi connectivity index (χ0) is 18.0. The van der Waals surface area contributed by atoms with Gasteiger partial charge in [0.05, 0.1) is 5.01 Å². The van der Waals surface area contributed by atoms with Gasteiger partial charge in [0.2, 0.25) is 0 Å². The number of aromatic nitrogens is 1. The Morgan fingerprint density at radius 2 is 1.88 bits per heavy atom. The zero-order valence-corrected chi connectivity index (χ0v) is 17.3. The second-order valence-electron chi connectivity index (χ2n) is 6.84. The van der Waals surface area contributed by atoms with Crippen molar-refractivity contribution in [2.24, 2.45) is 0 Å². The molecule has 11 heteroatoms. The molecule has 0 bridgehead atoms. The van der Waals surface area contributed by atoms with Crippen LogP contribution in [0, 0.1) is 0 Å².